The number of nitrogens with zero attached hydrogens (tertiary/aromatic N) is 5. The average Bonchev–Trinajstić information content (AvgIpc) is 3.48. The van der Waals surface area contributed by atoms with Crippen molar-refractivity contribution < 1.29 is 0 Å². The summed E-state index contributed by atoms with van der Waals surface area (Å²) in [4.78, 5) is 10.1. The topological polar surface area (TPSA) is 62.6 Å². The monoisotopic (exact) mass is 384 g/mol. The van der Waals surface area contributed by atoms with E-state index in [1.54, 1.807) is 6.20 Å². The number of rotatable bonds is 5. The van der Waals surface area contributed by atoms with Crippen LogP contribution in [0.1, 0.15) is 30.0 Å². The van der Waals surface area contributed by atoms with E-state index < -0.39 is 0 Å². The van der Waals surface area contributed by atoms with E-state index >= 15 is 0 Å². The Morgan fingerprint density at radius 2 is 1.86 bits per heavy atom. The number of aromatic nitrogens is 5. The minimum Gasteiger partial charge on any atom is -0.345 e. The number of hydrogen-bond acceptors (Lipinski definition) is 4. The van der Waals surface area contributed by atoms with Crippen LogP contribution >= 0.6 is 0 Å². The third kappa shape index (κ3) is 3.98. The number of nitrogens with one attached hydrogen (secondary N) is 1. The maximum Gasteiger partial charge on any atom is 0.137 e. The molecule has 2 aromatic carbocycles. The number of aromatic amines is 1. The normalized spacial score (nSPS) is 15.6. The molecule has 4 aromatic rings. The summed E-state index contributed by atoms with van der Waals surface area (Å²) in [5, 5.41) is 8.64. The lowest BCUT2D eigenvalue weighted by atomic mass is 9.88. The zero-order chi connectivity index (χ0) is 19.5. The van der Waals surface area contributed by atoms with Crippen LogP contribution in [0.25, 0.3) is 17.1 Å². The first-order valence-electron chi connectivity index (χ1n) is 10.1. The Kier molecular flexibility index (Phi) is 4.92. The van der Waals surface area contributed by atoms with Gasteiger partial charge in [0.25, 0.3) is 0 Å². The van der Waals surface area contributed by atoms with Crippen LogP contribution in [0.4, 0.5) is 0 Å². The molecule has 0 aliphatic carbocycles. The fourth-order valence-corrected chi connectivity index (χ4v) is 4.09. The molecule has 3 heterocycles. The van der Waals surface area contributed by atoms with Crippen LogP contribution in [0.15, 0.2) is 73.2 Å². The molecule has 1 aliphatic rings. The molecule has 0 saturated carbocycles. The maximum atomic E-state index is 4.38. The molecule has 6 nitrogen and oxygen atoms in total. The summed E-state index contributed by atoms with van der Waals surface area (Å²) >= 11 is 0. The van der Waals surface area contributed by atoms with Gasteiger partial charge < -0.3 is 4.98 Å². The highest BCUT2D eigenvalue weighted by Crippen LogP contribution is 2.30. The van der Waals surface area contributed by atoms with Gasteiger partial charge in [-0.2, -0.15) is 0 Å². The average molecular weight is 384 g/mol. The molecule has 0 amide bonds. The third-order valence-electron chi connectivity index (χ3n) is 5.66. The smallest absolute Gasteiger partial charge is 0.137 e. The Hall–Kier alpha value is -3.25. The van der Waals surface area contributed by atoms with Gasteiger partial charge in [0, 0.05) is 24.5 Å². The van der Waals surface area contributed by atoms with Gasteiger partial charge in [-0.3, -0.25) is 4.90 Å². The summed E-state index contributed by atoms with van der Waals surface area (Å²) in [6.45, 7) is 3.01. The summed E-state index contributed by atoms with van der Waals surface area (Å²) in [6.07, 6.45) is 8.03. The predicted octanol–water partition coefficient (Wildman–Crippen LogP) is 4.04. The van der Waals surface area contributed by atoms with E-state index in [4.69, 9.17) is 0 Å². The molecule has 1 aliphatic heterocycles. The molecule has 6 heteroatoms. The highest BCUT2D eigenvalue weighted by Gasteiger charge is 2.22. The first-order chi connectivity index (χ1) is 14.3. The van der Waals surface area contributed by atoms with E-state index in [2.05, 4.69) is 49.4 Å². The van der Waals surface area contributed by atoms with Gasteiger partial charge in [0.1, 0.15) is 5.82 Å². The summed E-state index contributed by atoms with van der Waals surface area (Å²) in [6, 6.07) is 18.9. The second kappa shape index (κ2) is 8.01. The zero-order valence-electron chi connectivity index (χ0n) is 16.3. The quantitative estimate of drug-likeness (QED) is 0.564. The van der Waals surface area contributed by atoms with Crippen LogP contribution in [0.5, 0.6) is 0 Å². The third-order valence-corrected chi connectivity index (χ3v) is 5.66. The van der Waals surface area contributed by atoms with E-state index in [0.29, 0.717) is 5.92 Å². The van der Waals surface area contributed by atoms with Gasteiger partial charge >= 0.3 is 0 Å². The van der Waals surface area contributed by atoms with Crippen molar-refractivity contribution in [2.45, 2.75) is 25.3 Å². The number of para-hydroxylation sites is 1. The second-order valence-corrected chi connectivity index (χ2v) is 7.60. The number of benzene rings is 2. The Morgan fingerprint density at radius 1 is 1.00 bits per heavy atom. The Bertz CT molecular complexity index is 1050. The van der Waals surface area contributed by atoms with E-state index in [1.807, 2.05) is 47.4 Å². The molecular formula is C23H24N6. The lowest BCUT2D eigenvalue weighted by Gasteiger charge is -2.31. The molecule has 5 rings (SSSR count). The van der Waals surface area contributed by atoms with Crippen molar-refractivity contribution in [2.75, 3.05) is 13.1 Å². The fourth-order valence-electron chi connectivity index (χ4n) is 4.09. The van der Waals surface area contributed by atoms with Crippen molar-refractivity contribution in [1.29, 1.82) is 0 Å². The van der Waals surface area contributed by atoms with Crippen molar-refractivity contribution in [3.8, 4) is 17.1 Å². The molecule has 0 spiro atoms. The second-order valence-electron chi connectivity index (χ2n) is 7.60. The molecule has 1 fully saturated rings. The standard InChI is InChI=1S/C23H24N6/c1-2-7-22(8-3-1)29-17-21(26-27-29)16-28-13-9-18(10-14-28)19-5-4-6-20(15-19)23-24-11-12-25-23/h1-8,11-12,15,17-18H,9-10,13-14,16H2,(H,24,25). The number of imidazole rings is 1. The molecular weight excluding hydrogens is 360 g/mol. The van der Waals surface area contributed by atoms with Crippen LogP contribution in [0.3, 0.4) is 0 Å². The SMILES string of the molecule is c1ccc(-n2cc(CN3CCC(c4cccc(-c5ncc[nH]5)c4)CC3)nn2)cc1. The molecule has 0 bridgehead atoms. The van der Waals surface area contributed by atoms with Crippen LogP contribution in [-0.4, -0.2) is 43.0 Å². The molecule has 2 aromatic heterocycles. The Balaban J connectivity index is 1.20. The highest BCUT2D eigenvalue weighted by atomic mass is 15.4. The van der Waals surface area contributed by atoms with Crippen LogP contribution in [-0.2, 0) is 6.54 Å². The van der Waals surface area contributed by atoms with Crippen LogP contribution < -0.4 is 0 Å². The number of piperidine rings is 1. The lowest BCUT2D eigenvalue weighted by molar-refractivity contribution is 0.202. The van der Waals surface area contributed by atoms with Gasteiger partial charge in [0.15, 0.2) is 0 Å². The number of H-pyrrole nitrogens is 1. The Labute approximate surface area is 170 Å². The van der Waals surface area contributed by atoms with E-state index in [0.717, 1.165) is 55.2 Å². The minimum absolute atomic E-state index is 0.598. The molecule has 0 radical (unpaired) electrons. The Morgan fingerprint density at radius 3 is 2.66 bits per heavy atom. The van der Waals surface area contributed by atoms with Crippen molar-refractivity contribution >= 4 is 0 Å². The maximum absolute atomic E-state index is 4.38. The summed E-state index contributed by atoms with van der Waals surface area (Å²) in [5.41, 5.74) is 4.63. The highest BCUT2D eigenvalue weighted by molar-refractivity contribution is 5.56. The van der Waals surface area contributed by atoms with E-state index in [-0.39, 0.29) is 0 Å². The van der Waals surface area contributed by atoms with Gasteiger partial charge in [-0.1, -0.05) is 41.6 Å². The molecule has 146 valence electrons. The molecule has 0 unspecified atom stereocenters. The van der Waals surface area contributed by atoms with Crippen molar-refractivity contribution in [1.82, 2.24) is 29.9 Å². The zero-order valence-corrected chi connectivity index (χ0v) is 16.3. The van der Waals surface area contributed by atoms with E-state index in [9.17, 15) is 0 Å². The van der Waals surface area contributed by atoms with Crippen LogP contribution in [0.2, 0.25) is 0 Å². The van der Waals surface area contributed by atoms with Gasteiger partial charge in [0.2, 0.25) is 0 Å². The van der Waals surface area contributed by atoms with Crippen LogP contribution in [0, 0.1) is 0 Å². The fraction of sp³-hybridized carbons (Fsp3) is 0.261. The minimum atomic E-state index is 0.598. The first kappa shape index (κ1) is 17.8. The summed E-state index contributed by atoms with van der Waals surface area (Å²) < 4.78 is 1.85. The van der Waals surface area contributed by atoms with Gasteiger partial charge in [-0.15, -0.1) is 5.10 Å². The van der Waals surface area contributed by atoms with Gasteiger partial charge in [-0.25, -0.2) is 9.67 Å². The molecule has 0 atom stereocenters. The van der Waals surface area contributed by atoms with Crippen molar-refractivity contribution in [2.24, 2.45) is 0 Å². The molecule has 1 N–H and O–H groups in total. The lowest BCUT2D eigenvalue weighted by Crippen LogP contribution is -2.32. The predicted molar refractivity (Wildman–Crippen MR) is 113 cm³/mol. The van der Waals surface area contributed by atoms with Gasteiger partial charge in [0.05, 0.1) is 17.6 Å². The largest absolute Gasteiger partial charge is 0.345 e. The first-order valence-corrected chi connectivity index (χ1v) is 10.1. The summed E-state index contributed by atoms with van der Waals surface area (Å²) in [5.74, 6) is 1.53. The summed E-state index contributed by atoms with van der Waals surface area (Å²) in [7, 11) is 0. The van der Waals surface area contributed by atoms with Crippen molar-refractivity contribution in [3.05, 3.63) is 84.4 Å². The number of hydrogen-bond donors (Lipinski definition) is 1. The van der Waals surface area contributed by atoms with Crippen molar-refractivity contribution in [3.63, 3.8) is 0 Å². The molecule has 29 heavy (non-hydrogen) atoms. The van der Waals surface area contributed by atoms with Gasteiger partial charge in [-0.05, 0) is 55.6 Å². The number of likely N-dealkylation sites (tertiary alicyclic amines) is 1. The van der Waals surface area contributed by atoms with E-state index in [1.165, 1.54) is 5.56 Å². The molecule has 1 saturated heterocycles.